The minimum absolute atomic E-state index is 0.655. The Bertz CT molecular complexity index is 481. The number of aliphatic imine (C=N–C) groups is 1. The van der Waals surface area contributed by atoms with Crippen LogP contribution in [0.15, 0.2) is 17.4 Å². The second-order valence-electron chi connectivity index (χ2n) is 6.06. The number of hydrogen-bond donors (Lipinski definition) is 1. The average Bonchev–Trinajstić information content (AvgIpc) is 3.12. The number of aromatic nitrogens is 2. The smallest absolute Gasteiger partial charge is 0.193 e. The Labute approximate surface area is 134 Å². The number of nitrogens with one attached hydrogen (secondary N) is 1. The average molecular weight is 306 g/mol. The van der Waals surface area contributed by atoms with Gasteiger partial charge >= 0.3 is 0 Å². The number of aryl methyl sites for hydroxylation is 1. The van der Waals surface area contributed by atoms with Crippen LogP contribution in [0.1, 0.15) is 25.3 Å². The van der Waals surface area contributed by atoms with Crippen molar-refractivity contribution in [2.75, 3.05) is 40.3 Å². The molecular formula is C16H30N6. The van der Waals surface area contributed by atoms with Gasteiger partial charge in [0.1, 0.15) is 0 Å². The molecule has 1 aromatic heterocycles. The number of likely N-dealkylation sites (N-methyl/N-ethyl adjacent to an activating group) is 2. The first kappa shape index (κ1) is 16.8. The fourth-order valence-corrected chi connectivity index (χ4v) is 3.18. The van der Waals surface area contributed by atoms with Crippen LogP contribution in [0.2, 0.25) is 0 Å². The molecule has 1 aliphatic heterocycles. The largest absolute Gasteiger partial charge is 0.354 e. The lowest BCUT2D eigenvalue weighted by Gasteiger charge is -2.29. The SMILES string of the molecule is CCN1CCCC1CN(C)C(=NC)NCCn1cc(C)cn1. The van der Waals surface area contributed by atoms with Gasteiger partial charge in [-0.1, -0.05) is 6.92 Å². The first-order chi connectivity index (χ1) is 10.6. The molecule has 0 aromatic carbocycles. The summed E-state index contributed by atoms with van der Waals surface area (Å²) in [5, 5.41) is 7.73. The zero-order chi connectivity index (χ0) is 15.9. The summed E-state index contributed by atoms with van der Waals surface area (Å²) < 4.78 is 1.96. The van der Waals surface area contributed by atoms with Crippen LogP contribution in [0.4, 0.5) is 0 Å². The number of nitrogens with zero attached hydrogens (tertiary/aromatic N) is 5. The Morgan fingerprint density at radius 2 is 2.36 bits per heavy atom. The molecule has 2 heterocycles. The van der Waals surface area contributed by atoms with Gasteiger partial charge in [-0.25, -0.2) is 0 Å². The second-order valence-corrected chi connectivity index (χ2v) is 6.06. The van der Waals surface area contributed by atoms with Crippen molar-refractivity contribution in [3.05, 3.63) is 18.0 Å². The van der Waals surface area contributed by atoms with E-state index < -0.39 is 0 Å². The van der Waals surface area contributed by atoms with Crippen LogP contribution in [-0.4, -0.2) is 71.9 Å². The highest BCUT2D eigenvalue weighted by atomic mass is 15.3. The van der Waals surface area contributed by atoms with Crippen LogP contribution >= 0.6 is 0 Å². The molecule has 1 atom stereocenters. The second kappa shape index (κ2) is 8.17. The summed E-state index contributed by atoms with van der Waals surface area (Å²) in [4.78, 5) is 9.21. The van der Waals surface area contributed by atoms with Gasteiger partial charge in [-0.15, -0.1) is 0 Å². The first-order valence-electron chi connectivity index (χ1n) is 8.29. The molecular weight excluding hydrogens is 276 g/mol. The normalized spacial score (nSPS) is 19.6. The Hall–Kier alpha value is -1.56. The molecule has 1 aliphatic rings. The van der Waals surface area contributed by atoms with E-state index in [1.54, 1.807) is 0 Å². The monoisotopic (exact) mass is 306 g/mol. The highest BCUT2D eigenvalue weighted by molar-refractivity contribution is 5.79. The number of likely N-dealkylation sites (tertiary alicyclic amines) is 1. The molecule has 1 N–H and O–H groups in total. The number of rotatable bonds is 6. The predicted octanol–water partition coefficient (Wildman–Crippen LogP) is 1.18. The molecule has 124 valence electrons. The molecule has 0 bridgehead atoms. The highest BCUT2D eigenvalue weighted by Gasteiger charge is 2.24. The van der Waals surface area contributed by atoms with E-state index in [0.29, 0.717) is 6.04 Å². The first-order valence-corrected chi connectivity index (χ1v) is 8.29. The zero-order valence-electron chi connectivity index (χ0n) is 14.4. The van der Waals surface area contributed by atoms with Gasteiger partial charge in [0.05, 0.1) is 12.7 Å². The summed E-state index contributed by atoms with van der Waals surface area (Å²) in [6, 6.07) is 0.655. The van der Waals surface area contributed by atoms with Crippen LogP contribution in [0.5, 0.6) is 0 Å². The molecule has 0 aliphatic carbocycles. The maximum absolute atomic E-state index is 4.40. The third-order valence-electron chi connectivity index (χ3n) is 4.35. The summed E-state index contributed by atoms with van der Waals surface area (Å²) in [6.45, 7) is 9.41. The van der Waals surface area contributed by atoms with Crippen molar-refractivity contribution in [3.8, 4) is 0 Å². The number of hydrogen-bond acceptors (Lipinski definition) is 3. The number of guanidine groups is 1. The molecule has 1 aromatic rings. The summed E-state index contributed by atoms with van der Waals surface area (Å²) in [5.41, 5.74) is 1.20. The zero-order valence-corrected chi connectivity index (χ0v) is 14.4. The molecule has 2 rings (SSSR count). The van der Waals surface area contributed by atoms with Crippen LogP contribution in [0.25, 0.3) is 0 Å². The van der Waals surface area contributed by atoms with E-state index in [9.17, 15) is 0 Å². The van der Waals surface area contributed by atoms with Crippen molar-refractivity contribution < 1.29 is 0 Å². The van der Waals surface area contributed by atoms with Gasteiger partial charge in [0.25, 0.3) is 0 Å². The summed E-state index contributed by atoms with van der Waals surface area (Å²) >= 11 is 0. The lowest BCUT2D eigenvalue weighted by atomic mass is 10.2. The molecule has 22 heavy (non-hydrogen) atoms. The van der Waals surface area contributed by atoms with Gasteiger partial charge in [0, 0.05) is 39.4 Å². The standard InChI is InChI=1S/C16H30N6/c1-5-21-9-6-7-15(21)13-20(4)16(17-3)18-8-10-22-12-14(2)11-19-22/h11-12,15H,5-10,13H2,1-4H3,(H,17,18). The fraction of sp³-hybridized carbons (Fsp3) is 0.750. The van der Waals surface area contributed by atoms with Crippen molar-refractivity contribution in [1.82, 2.24) is 24.9 Å². The van der Waals surface area contributed by atoms with Crippen molar-refractivity contribution in [2.24, 2.45) is 4.99 Å². The Morgan fingerprint density at radius 1 is 1.55 bits per heavy atom. The van der Waals surface area contributed by atoms with E-state index in [4.69, 9.17) is 0 Å². The minimum atomic E-state index is 0.655. The summed E-state index contributed by atoms with van der Waals surface area (Å²) in [6.07, 6.45) is 6.56. The van der Waals surface area contributed by atoms with Crippen molar-refractivity contribution in [1.29, 1.82) is 0 Å². The van der Waals surface area contributed by atoms with Crippen LogP contribution < -0.4 is 5.32 Å². The highest BCUT2D eigenvalue weighted by Crippen LogP contribution is 2.17. The third-order valence-corrected chi connectivity index (χ3v) is 4.35. The van der Waals surface area contributed by atoms with Gasteiger partial charge in [-0.2, -0.15) is 5.10 Å². The predicted molar refractivity (Wildman–Crippen MR) is 91.2 cm³/mol. The maximum Gasteiger partial charge on any atom is 0.193 e. The molecule has 0 radical (unpaired) electrons. The molecule has 0 spiro atoms. The van der Waals surface area contributed by atoms with Gasteiger partial charge in [-0.05, 0) is 38.4 Å². The lowest BCUT2D eigenvalue weighted by molar-refractivity contribution is 0.232. The molecule has 1 unspecified atom stereocenters. The van der Waals surface area contributed by atoms with E-state index in [1.165, 1.54) is 24.9 Å². The van der Waals surface area contributed by atoms with Gasteiger partial charge in [-0.3, -0.25) is 14.6 Å². The van der Waals surface area contributed by atoms with E-state index in [2.05, 4.69) is 52.3 Å². The van der Waals surface area contributed by atoms with Gasteiger partial charge < -0.3 is 10.2 Å². The van der Waals surface area contributed by atoms with Crippen LogP contribution in [0, 0.1) is 6.92 Å². The Kier molecular flexibility index (Phi) is 6.24. The molecule has 1 fully saturated rings. The molecule has 6 heteroatoms. The van der Waals surface area contributed by atoms with E-state index in [-0.39, 0.29) is 0 Å². The summed E-state index contributed by atoms with van der Waals surface area (Å²) in [5.74, 6) is 0.965. The third kappa shape index (κ3) is 4.47. The Morgan fingerprint density at radius 3 is 3.00 bits per heavy atom. The van der Waals surface area contributed by atoms with E-state index in [0.717, 1.165) is 32.1 Å². The minimum Gasteiger partial charge on any atom is -0.354 e. The quantitative estimate of drug-likeness (QED) is 0.633. The molecule has 6 nitrogen and oxygen atoms in total. The van der Waals surface area contributed by atoms with Crippen molar-refractivity contribution in [3.63, 3.8) is 0 Å². The fourth-order valence-electron chi connectivity index (χ4n) is 3.18. The molecule has 0 saturated carbocycles. The van der Waals surface area contributed by atoms with Crippen molar-refractivity contribution in [2.45, 2.75) is 39.3 Å². The maximum atomic E-state index is 4.40. The van der Waals surface area contributed by atoms with Crippen LogP contribution in [0.3, 0.4) is 0 Å². The lowest BCUT2D eigenvalue weighted by Crippen LogP contribution is -2.46. The summed E-state index contributed by atoms with van der Waals surface area (Å²) in [7, 11) is 3.97. The molecule has 1 saturated heterocycles. The van der Waals surface area contributed by atoms with Crippen LogP contribution in [-0.2, 0) is 6.54 Å². The van der Waals surface area contributed by atoms with Gasteiger partial charge in [0.2, 0.25) is 0 Å². The van der Waals surface area contributed by atoms with E-state index in [1.807, 2.05) is 17.9 Å². The molecule has 0 amide bonds. The van der Waals surface area contributed by atoms with Crippen molar-refractivity contribution >= 4 is 5.96 Å². The van der Waals surface area contributed by atoms with Gasteiger partial charge in [0.15, 0.2) is 5.96 Å². The topological polar surface area (TPSA) is 48.7 Å². The van der Waals surface area contributed by atoms with E-state index >= 15 is 0 Å². The Balaban J connectivity index is 1.78.